The Morgan fingerprint density at radius 3 is 2.10 bits per heavy atom. The van der Waals surface area contributed by atoms with Crippen LogP contribution in [0.2, 0.25) is 0 Å². The smallest absolute Gasteiger partial charge is 0.251 e. The van der Waals surface area contributed by atoms with Gasteiger partial charge in [0.1, 0.15) is 0 Å². The lowest BCUT2D eigenvalue weighted by Crippen LogP contribution is -2.39. The summed E-state index contributed by atoms with van der Waals surface area (Å²) in [4.78, 5) is 37.3. The molecule has 1 saturated carbocycles. The van der Waals surface area contributed by atoms with Crippen LogP contribution in [0, 0.1) is 5.92 Å². The Kier molecular flexibility index (Phi) is 8.64. The molecule has 6 heteroatoms. The third-order valence-corrected chi connectivity index (χ3v) is 5.66. The van der Waals surface area contributed by atoms with Crippen molar-refractivity contribution in [2.24, 2.45) is 5.92 Å². The highest BCUT2D eigenvalue weighted by Gasteiger charge is 2.21. The first-order chi connectivity index (χ1) is 15.1. The summed E-state index contributed by atoms with van der Waals surface area (Å²) in [5.74, 6) is -0.192. The fourth-order valence-corrected chi connectivity index (χ4v) is 3.92. The van der Waals surface area contributed by atoms with Gasteiger partial charge in [-0.15, -0.1) is 0 Å². The fraction of sp³-hybridized carbons (Fsp3) is 0.400. The monoisotopic (exact) mass is 421 g/mol. The molecule has 0 heterocycles. The lowest BCUT2D eigenvalue weighted by atomic mass is 9.89. The van der Waals surface area contributed by atoms with E-state index in [1.165, 1.54) is 6.42 Å². The number of hydrogen-bond donors (Lipinski definition) is 3. The van der Waals surface area contributed by atoms with E-state index in [-0.39, 0.29) is 30.1 Å². The van der Waals surface area contributed by atoms with E-state index in [1.807, 2.05) is 36.4 Å². The molecule has 2 aromatic rings. The maximum Gasteiger partial charge on any atom is 0.251 e. The Bertz CT molecular complexity index is 849. The number of rotatable bonds is 9. The van der Waals surface area contributed by atoms with E-state index < -0.39 is 6.04 Å². The minimum atomic E-state index is -0.439. The highest BCUT2D eigenvalue weighted by atomic mass is 16.2. The molecular weight excluding hydrogens is 390 g/mol. The topological polar surface area (TPSA) is 87.3 Å². The summed E-state index contributed by atoms with van der Waals surface area (Å²) in [5, 5.41) is 8.73. The zero-order valence-corrected chi connectivity index (χ0v) is 17.8. The molecule has 3 rings (SSSR count). The molecule has 1 unspecified atom stereocenters. The van der Waals surface area contributed by atoms with Crippen molar-refractivity contribution in [3.8, 4) is 0 Å². The van der Waals surface area contributed by atoms with E-state index in [0.717, 1.165) is 31.2 Å². The number of benzene rings is 2. The van der Waals surface area contributed by atoms with Crippen molar-refractivity contribution < 1.29 is 14.4 Å². The highest BCUT2D eigenvalue weighted by Crippen LogP contribution is 2.23. The molecule has 2 aromatic carbocycles. The summed E-state index contributed by atoms with van der Waals surface area (Å²) in [6.45, 7) is 0.777. The quantitative estimate of drug-likeness (QED) is 0.543. The number of hydrogen-bond acceptors (Lipinski definition) is 3. The van der Waals surface area contributed by atoms with Gasteiger partial charge in [0, 0.05) is 24.6 Å². The maximum absolute atomic E-state index is 12.6. The lowest BCUT2D eigenvalue weighted by Gasteiger charge is -2.21. The lowest BCUT2D eigenvalue weighted by molar-refractivity contribution is -0.126. The number of amides is 3. The summed E-state index contributed by atoms with van der Waals surface area (Å²) >= 11 is 0. The predicted octanol–water partition coefficient (Wildman–Crippen LogP) is 3.36. The first-order valence-corrected chi connectivity index (χ1v) is 11.1. The van der Waals surface area contributed by atoms with Gasteiger partial charge >= 0.3 is 0 Å². The zero-order chi connectivity index (χ0) is 21.9. The van der Waals surface area contributed by atoms with Gasteiger partial charge < -0.3 is 16.0 Å². The van der Waals surface area contributed by atoms with E-state index in [9.17, 15) is 14.4 Å². The summed E-state index contributed by atoms with van der Waals surface area (Å²) in [6, 6.07) is 18.0. The molecular formula is C25H31N3O3. The van der Waals surface area contributed by atoms with Crippen LogP contribution in [0.3, 0.4) is 0 Å². The van der Waals surface area contributed by atoms with Gasteiger partial charge in [0.25, 0.3) is 5.91 Å². The van der Waals surface area contributed by atoms with Crippen LogP contribution < -0.4 is 16.0 Å². The molecule has 0 saturated heterocycles. The van der Waals surface area contributed by atoms with Crippen LogP contribution in [-0.2, 0) is 9.59 Å². The van der Waals surface area contributed by atoms with Crippen molar-refractivity contribution in [2.75, 3.05) is 13.1 Å². The number of carbonyl (C=O) groups is 3. The molecule has 3 N–H and O–H groups in total. The van der Waals surface area contributed by atoms with Gasteiger partial charge in [-0.25, -0.2) is 0 Å². The summed E-state index contributed by atoms with van der Waals surface area (Å²) in [5.41, 5.74) is 1.42. The van der Waals surface area contributed by atoms with Crippen molar-refractivity contribution in [3.05, 3.63) is 71.8 Å². The van der Waals surface area contributed by atoms with Crippen LogP contribution in [0.4, 0.5) is 0 Å². The third kappa shape index (κ3) is 7.24. The predicted molar refractivity (Wildman–Crippen MR) is 120 cm³/mol. The van der Waals surface area contributed by atoms with Crippen molar-refractivity contribution in [1.29, 1.82) is 0 Å². The number of nitrogens with one attached hydrogen (secondary N) is 3. The van der Waals surface area contributed by atoms with Gasteiger partial charge in [0.2, 0.25) is 11.8 Å². The second kappa shape index (κ2) is 11.9. The van der Waals surface area contributed by atoms with Gasteiger partial charge in [-0.05, 0) is 30.5 Å². The van der Waals surface area contributed by atoms with Crippen LogP contribution in [-0.4, -0.2) is 30.8 Å². The molecule has 0 aromatic heterocycles. The van der Waals surface area contributed by atoms with Gasteiger partial charge in [-0.1, -0.05) is 67.8 Å². The molecule has 164 valence electrons. The maximum atomic E-state index is 12.6. The van der Waals surface area contributed by atoms with E-state index in [2.05, 4.69) is 16.0 Å². The summed E-state index contributed by atoms with van der Waals surface area (Å²) < 4.78 is 0. The van der Waals surface area contributed by atoms with Crippen molar-refractivity contribution in [2.45, 2.75) is 44.6 Å². The Morgan fingerprint density at radius 2 is 1.42 bits per heavy atom. The summed E-state index contributed by atoms with van der Waals surface area (Å²) in [6.07, 6.45) is 5.48. The van der Waals surface area contributed by atoms with E-state index in [4.69, 9.17) is 0 Å². The molecule has 0 spiro atoms. The van der Waals surface area contributed by atoms with Crippen molar-refractivity contribution in [1.82, 2.24) is 16.0 Å². The molecule has 1 aliphatic carbocycles. The van der Waals surface area contributed by atoms with E-state index in [0.29, 0.717) is 18.7 Å². The van der Waals surface area contributed by atoms with E-state index >= 15 is 0 Å². The third-order valence-electron chi connectivity index (χ3n) is 5.66. The molecule has 6 nitrogen and oxygen atoms in total. The van der Waals surface area contributed by atoms with Gasteiger partial charge in [-0.2, -0.15) is 0 Å². The minimum Gasteiger partial charge on any atom is -0.354 e. The Labute approximate surface area is 183 Å². The first-order valence-electron chi connectivity index (χ1n) is 11.1. The average Bonchev–Trinajstić information content (AvgIpc) is 2.83. The molecule has 0 bridgehead atoms. The largest absolute Gasteiger partial charge is 0.354 e. The van der Waals surface area contributed by atoms with Gasteiger partial charge in [-0.3, -0.25) is 14.4 Å². The van der Waals surface area contributed by atoms with E-state index in [1.54, 1.807) is 24.3 Å². The molecule has 1 aliphatic rings. The molecule has 1 fully saturated rings. The normalized spacial score (nSPS) is 15.0. The standard InChI is InChI=1S/C25H31N3O3/c29-23(26-16-17-27-24(30)20-12-6-2-7-13-20)18-22(19-10-4-1-5-11-19)28-25(31)21-14-8-3-9-15-21/h1,3-5,8-11,14-15,20,22H,2,6-7,12-13,16-18H2,(H,26,29)(H,27,30)(H,28,31). The fourth-order valence-electron chi connectivity index (χ4n) is 3.92. The van der Waals surface area contributed by atoms with Crippen LogP contribution in [0.15, 0.2) is 60.7 Å². The molecule has 0 aliphatic heterocycles. The Balaban J connectivity index is 1.49. The van der Waals surface area contributed by atoms with Gasteiger partial charge in [0.05, 0.1) is 12.5 Å². The second-order valence-corrected chi connectivity index (χ2v) is 7.98. The highest BCUT2D eigenvalue weighted by molar-refractivity contribution is 5.94. The Hall–Kier alpha value is -3.15. The molecule has 31 heavy (non-hydrogen) atoms. The molecule has 3 amide bonds. The minimum absolute atomic E-state index is 0.0891. The van der Waals surface area contributed by atoms with Gasteiger partial charge in [0.15, 0.2) is 0 Å². The average molecular weight is 422 g/mol. The van der Waals surface area contributed by atoms with Crippen LogP contribution >= 0.6 is 0 Å². The van der Waals surface area contributed by atoms with Crippen molar-refractivity contribution >= 4 is 17.7 Å². The zero-order valence-electron chi connectivity index (χ0n) is 17.8. The Morgan fingerprint density at radius 1 is 0.806 bits per heavy atom. The molecule has 1 atom stereocenters. The SMILES string of the molecule is O=C(CC(NC(=O)c1ccccc1)c1ccccc1)NCCNC(=O)C1CCCCC1. The van der Waals surface area contributed by atoms with Crippen LogP contribution in [0.1, 0.15) is 60.5 Å². The van der Waals surface area contributed by atoms with Crippen molar-refractivity contribution in [3.63, 3.8) is 0 Å². The number of carbonyl (C=O) groups excluding carboxylic acids is 3. The van der Waals surface area contributed by atoms with Crippen LogP contribution in [0.25, 0.3) is 0 Å². The first kappa shape index (κ1) is 22.5. The summed E-state index contributed by atoms with van der Waals surface area (Å²) in [7, 11) is 0. The molecule has 0 radical (unpaired) electrons. The van der Waals surface area contributed by atoms with Crippen LogP contribution in [0.5, 0.6) is 0 Å². The second-order valence-electron chi connectivity index (χ2n) is 7.98.